The number of nitrogens with one attached hydrogen (secondary N) is 1. The first-order valence-corrected chi connectivity index (χ1v) is 10.2. The average Bonchev–Trinajstić information content (AvgIpc) is 2.98. The number of imide groups is 1. The van der Waals surface area contributed by atoms with Crippen LogP contribution in [0.4, 0.5) is 15.8 Å². The zero-order valence-corrected chi connectivity index (χ0v) is 18.2. The number of carbonyl (C=O) groups is 2. The molecule has 0 atom stereocenters. The van der Waals surface area contributed by atoms with E-state index in [-0.39, 0.29) is 11.3 Å². The van der Waals surface area contributed by atoms with Crippen molar-refractivity contribution in [3.05, 3.63) is 98.9 Å². The highest BCUT2D eigenvalue weighted by molar-refractivity contribution is 6.46. The molecule has 0 aromatic heterocycles. The number of halogens is 3. The lowest BCUT2D eigenvalue weighted by Crippen LogP contribution is -2.32. The molecular formula is C24H17Cl2FN2O2. The second kappa shape index (κ2) is 8.17. The van der Waals surface area contributed by atoms with Gasteiger partial charge in [-0.05, 0) is 66.9 Å². The summed E-state index contributed by atoms with van der Waals surface area (Å²) in [5.74, 6) is -1.51. The van der Waals surface area contributed by atoms with Gasteiger partial charge in [0.2, 0.25) is 0 Å². The number of hydrogen-bond donors (Lipinski definition) is 1. The van der Waals surface area contributed by atoms with Crippen molar-refractivity contribution in [2.24, 2.45) is 0 Å². The van der Waals surface area contributed by atoms with Crippen LogP contribution < -0.4 is 10.2 Å². The van der Waals surface area contributed by atoms with Gasteiger partial charge in [-0.1, -0.05) is 47.5 Å². The minimum absolute atomic E-state index is 0.0821. The summed E-state index contributed by atoms with van der Waals surface area (Å²) in [7, 11) is 0. The maximum atomic E-state index is 13.5. The molecule has 0 unspecified atom stereocenters. The maximum Gasteiger partial charge on any atom is 0.282 e. The number of benzene rings is 3. The second-order valence-electron chi connectivity index (χ2n) is 7.17. The highest BCUT2D eigenvalue weighted by Gasteiger charge is 2.40. The van der Waals surface area contributed by atoms with E-state index >= 15 is 0 Å². The summed E-state index contributed by atoms with van der Waals surface area (Å²) in [5, 5.41) is 4.04. The molecule has 1 aliphatic rings. The van der Waals surface area contributed by atoms with Gasteiger partial charge in [0.15, 0.2) is 0 Å². The molecule has 31 heavy (non-hydrogen) atoms. The van der Waals surface area contributed by atoms with Crippen LogP contribution in [0, 0.1) is 19.7 Å². The molecular weight excluding hydrogens is 438 g/mol. The van der Waals surface area contributed by atoms with E-state index in [1.165, 1.54) is 24.3 Å². The van der Waals surface area contributed by atoms with Crippen molar-refractivity contribution in [2.45, 2.75) is 13.8 Å². The fraction of sp³-hybridized carbons (Fsp3) is 0.0833. The van der Waals surface area contributed by atoms with Crippen molar-refractivity contribution < 1.29 is 14.0 Å². The summed E-state index contributed by atoms with van der Waals surface area (Å²) < 4.78 is 13.5. The normalized spacial score (nSPS) is 13.9. The number of nitrogens with zero attached hydrogens (tertiary/aromatic N) is 1. The lowest BCUT2D eigenvalue weighted by atomic mass is 10.0. The van der Waals surface area contributed by atoms with Crippen molar-refractivity contribution >= 4 is 52.0 Å². The third kappa shape index (κ3) is 3.82. The Morgan fingerprint density at radius 3 is 2.26 bits per heavy atom. The predicted octanol–water partition coefficient (Wildman–Crippen LogP) is 6.15. The quantitative estimate of drug-likeness (QED) is 0.481. The van der Waals surface area contributed by atoms with Crippen molar-refractivity contribution in [1.29, 1.82) is 0 Å². The SMILES string of the molecule is Cc1ccc(N2C(=O)C(Nc3cccc(Cl)c3C)=C(c3ccc(F)cc3)C2=O)cc1Cl. The number of rotatable bonds is 4. The molecule has 2 amide bonds. The Morgan fingerprint density at radius 2 is 1.58 bits per heavy atom. The molecule has 0 radical (unpaired) electrons. The smallest absolute Gasteiger partial charge is 0.282 e. The number of carbonyl (C=O) groups excluding carboxylic acids is 2. The first-order valence-electron chi connectivity index (χ1n) is 9.45. The van der Waals surface area contributed by atoms with E-state index in [9.17, 15) is 14.0 Å². The Bertz CT molecular complexity index is 1250. The molecule has 0 fully saturated rings. The summed E-state index contributed by atoms with van der Waals surface area (Å²) in [5.41, 5.74) is 3.13. The summed E-state index contributed by atoms with van der Waals surface area (Å²) in [6.07, 6.45) is 0. The number of hydrogen-bond acceptors (Lipinski definition) is 3. The molecule has 7 heteroatoms. The van der Waals surface area contributed by atoms with Gasteiger partial charge in [0.1, 0.15) is 11.5 Å². The first-order chi connectivity index (χ1) is 14.8. The van der Waals surface area contributed by atoms with Crippen LogP contribution in [0.2, 0.25) is 10.0 Å². The lowest BCUT2D eigenvalue weighted by molar-refractivity contribution is -0.120. The fourth-order valence-electron chi connectivity index (χ4n) is 3.36. The molecule has 0 spiro atoms. The van der Waals surface area contributed by atoms with Crippen LogP contribution in [0.3, 0.4) is 0 Å². The third-order valence-electron chi connectivity index (χ3n) is 5.16. The van der Waals surface area contributed by atoms with Gasteiger partial charge in [0.25, 0.3) is 11.8 Å². The Kier molecular flexibility index (Phi) is 5.56. The molecule has 0 bridgehead atoms. The maximum absolute atomic E-state index is 13.5. The van der Waals surface area contributed by atoms with Crippen LogP contribution in [0.15, 0.2) is 66.4 Å². The van der Waals surface area contributed by atoms with Crippen molar-refractivity contribution in [3.63, 3.8) is 0 Å². The van der Waals surface area contributed by atoms with Gasteiger partial charge < -0.3 is 5.32 Å². The van der Waals surface area contributed by atoms with Gasteiger partial charge in [-0.3, -0.25) is 9.59 Å². The van der Waals surface area contributed by atoms with E-state index in [0.29, 0.717) is 27.0 Å². The lowest BCUT2D eigenvalue weighted by Gasteiger charge is -2.16. The summed E-state index contributed by atoms with van der Waals surface area (Å²) >= 11 is 12.4. The molecule has 1 heterocycles. The van der Waals surface area contributed by atoms with Crippen molar-refractivity contribution in [2.75, 3.05) is 10.2 Å². The van der Waals surface area contributed by atoms with Crippen LogP contribution in [0.5, 0.6) is 0 Å². The highest BCUT2D eigenvalue weighted by Crippen LogP contribution is 2.36. The van der Waals surface area contributed by atoms with Crippen LogP contribution >= 0.6 is 23.2 Å². The minimum Gasteiger partial charge on any atom is -0.350 e. The zero-order valence-electron chi connectivity index (χ0n) is 16.7. The van der Waals surface area contributed by atoms with E-state index in [1.807, 2.05) is 13.8 Å². The molecule has 4 nitrogen and oxygen atoms in total. The molecule has 3 aromatic rings. The van der Waals surface area contributed by atoms with E-state index in [4.69, 9.17) is 23.2 Å². The Morgan fingerprint density at radius 1 is 0.871 bits per heavy atom. The fourth-order valence-corrected chi connectivity index (χ4v) is 3.71. The molecule has 0 saturated heterocycles. The van der Waals surface area contributed by atoms with Crippen molar-refractivity contribution in [1.82, 2.24) is 0 Å². The monoisotopic (exact) mass is 454 g/mol. The Hall–Kier alpha value is -3.15. The van der Waals surface area contributed by atoms with Crippen LogP contribution in [-0.2, 0) is 9.59 Å². The van der Waals surface area contributed by atoms with E-state index in [1.54, 1.807) is 36.4 Å². The molecule has 1 N–H and O–H groups in total. The highest BCUT2D eigenvalue weighted by atomic mass is 35.5. The van der Waals surface area contributed by atoms with Gasteiger partial charge in [0, 0.05) is 15.7 Å². The summed E-state index contributed by atoms with van der Waals surface area (Å²) in [6, 6.07) is 15.6. The molecule has 3 aromatic carbocycles. The summed E-state index contributed by atoms with van der Waals surface area (Å²) in [6.45, 7) is 3.64. The van der Waals surface area contributed by atoms with Gasteiger partial charge in [0.05, 0.1) is 11.3 Å². The Balaban J connectivity index is 1.85. The standard InChI is InChI=1S/C24H17Cl2FN2O2/c1-13-6-11-17(12-19(13)26)29-23(30)21(15-7-9-16(27)10-8-15)22(24(29)31)28-20-5-3-4-18(25)14(20)2/h3-12,28H,1-2H3. The predicted molar refractivity (Wildman–Crippen MR) is 122 cm³/mol. The van der Waals surface area contributed by atoms with Crippen LogP contribution in [-0.4, -0.2) is 11.8 Å². The largest absolute Gasteiger partial charge is 0.350 e. The van der Waals surface area contributed by atoms with Crippen LogP contribution in [0.1, 0.15) is 16.7 Å². The van der Waals surface area contributed by atoms with Gasteiger partial charge in [-0.25, -0.2) is 9.29 Å². The molecule has 0 aliphatic carbocycles. The third-order valence-corrected chi connectivity index (χ3v) is 5.97. The van der Waals surface area contributed by atoms with Gasteiger partial charge >= 0.3 is 0 Å². The number of anilines is 2. The Labute approximate surface area is 188 Å². The molecule has 156 valence electrons. The first kappa shape index (κ1) is 21.1. The van der Waals surface area contributed by atoms with Gasteiger partial charge in [-0.2, -0.15) is 0 Å². The average molecular weight is 455 g/mol. The second-order valence-corrected chi connectivity index (χ2v) is 7.99. The molecule has 4 rings (SSSR count). The number of amides is 2. The van der Waals surface area contributed by atoms with Gasteiger partial charge in [-0.15, -0.1) is 0 Å². The van der Waals surface area contributed by atoms with Crippen molar-refractivity contribution in [3.8, 4) is 0 Å². The van der Waals surface area contributed by atoms with E-state index < -0.39 is 17.6 Å². The topological polar surface area (TPSA) is 49.4 Å². The van der Waals surface area contributed by atoms with Crippen LogP contribution in [0.25, 0.3) is 5.57 Å². The van der Waals surface area contributed by atoms with E-state index in [0.717, 1.165) is 16.0 Å². The zero-order chi connectivity index (χ0) is 22.3. The molecule has 1 aliphatic heterocycles. The van der Waals surface area contributed by atoms with E-state index in [2.05, 4.69) is 5.32 Å². The molecule has 0 saturated carbocycles. The number of aryl methyl sites for hydroxylation is 1. The minimum atomic E-state index is -0.538. The summed E-state index contributed by atoms with van der Waals surface area (Å²) in [4.78, 5) is 27.9.